The Morgan fingerprint density at radius 2 is 2.00 bits per heavy atom. The van der Waals surface area contributed by atoms with Crippen LogP contribution in [0.5, 0.6) is 5.75 Å². The number of nitrogens with zero attached hydrogens (tertiary/aromatic N) is 1. The van der Waals surface area contributed by atoms with E-state index < -0.39 is 6.10 Å². The first-order valence-electron chi connectivity index (χ1n) is 6.79. The second kappa shape index (κ2) is 7.70. The number of hydrogen-bond acceptors (Lipinski definition) is 4. The lowest BCUT2D eigenvalue weighted by Gasteiger charge is -2.28. The summed E-state index contributed by atoms with van der Waals surface area (Å²) in [7, 11) is 0. The average molecular weight is 285 g/mol. The SMILES string of the molecule is OC(CNN1CCCCC1)COc1ccccc1Cl. The fourth-order valence-corrected chi connectivity index (χ4v) is 2.28. The second-order valence-electron chi connectivity index (χ2n) is 4.81. The predicted octanol–water partition coefficient (Wildman–Crippen LogP) is 2.07. The maximum Gasteiger partial charge on any atom is 0.138 e. The van der Waals surface area contributed by atoms with Crippen LogP contribution in [0.15, 0.2) is 24.3 Å². The fraction of sp³-hybridized carbons (Fsp3) is 0.571. The van der Waals surface area contributed by atoms with E-state index in [0.717, 1.165) is 13.1 Å². The molecule has 1 atom stereocenters. The van der Waals surface area contributed by atoms with Crippen LogP contribution in [0, 0.1) is 0 Å². The van der Waals surface area contributed by atoms with Crippen molar-refractivity contribution in [3.63, 3.8) is 0 Å². The zero-order valence-electron chi connectivity index (χ0n) is 11.0. The Bertz CT molecular complexity index is 383. The van der Waals surface area contributed by atoms with Crippen LogP contribution >= 0.6 is 11.6 Å². The minimum absolute atomic E-state index is 0.241. The molecule has 2 N–H and O–H groups in total. The molecule has 0 saturated carbocycles. The molecule has 1 saturated heterocycles. The van der Waals surface area contributed by atoms with Crippen LogP contribution < -0.4 is 10.2 Å². The molecular weight excluding hydrogens is 264 g/mol. The highest BCUT2D eigenvalue weighted by molar-refractivity contribution is 6.32. The van der Waals surface area contributed by atoms with Gasteiger partial charge in [-0.1, -0.05) is 30.2 Å². The van der Waals surface area contributed by atoms with Crippen LogP contribution in [-0.2, 0) is 0 Å². The molecule has 0 amide bonds. The first kappa shape index (κ1) is 14.6. The van der Waals surface area contributed by atoms with Gasteiger partial charge >= 0.3 is 0 Å². The van der Waals surface area contributed by atoms with Crippen molar-refractivity contribution in [2.45, 2.75) is 25.4 Å². The van der Waals surface area contributed by atoms with Crippen LogP contribution in [0.1, 0.15) is 19.3 Å². The summed E-state index contributed by atoms with van der Waals surface area (Å²) >= 11 is 5.98. The van der Waals surface area contributed by atoms with Crippen molar-refractivity contribution in [2.75, 3.05) is 26.2 Å². The number of benzene rings is 1. The van der Waals surface area contributed by atoms with Gasteiger partial charge in [-0.15, -0.1) is 0 Å². The summed E-state index contributed by atoms with van der Waals surface area (Å²) in [4.78, 5) is 0. The minimum Gasteiger partial charge on any atom is -0.489 e. The number of rotatable bonds is 6. The predicted molar refractivity (Wildman–Crippen MR) is 76.4 cm³/mol. The number of halogens is 1. The lowest BCUT2D eigenvalue weighted by Crippen LogP contribution is -2.46. The van der Waals surface area contributed by atoms with Gasteiger partial charge in [0.05, 0.1) is 5.02 Å². The van der Waals surface area contributed by atoms with Gasteiger partial charge in [0, 0.05) is 19.6 Å². The molecule has 1 aromatic rings. The molecule has 0 aromatic heterocycles. The Labute approximate surface area is 119 Å². The largest absolute Gasteiger partial charge is 0.489 e. The van der Waals surface area contributed by atoms with Crippen LogP contribution in [0.25, 0.3) is 0 Å². The van der Waals surface area contributed by atoms with Gasteiger partial charge in [0.1, 0.15) is 18.5 Å². The van der Waals surface area contributed by atoms with E-state index in [0.29, 0.717) is 17.3 Å². The molecule has 0 bridgehead atoms. The highest BCUT2D eigenvalue weighted by Crippen LogP contribution is 2.23. The Hall–Kier alpha value is -0.810. The number of piperidine rings is 1. The van der Waals surface area contributed by atoms with E-state index in [1.165, 1.54) is 19.3 Å². The maximum absolute atomic E-state index is 9.87. The van der Waals surface area contributed by atoms with E-state index >= 15 is 0 Å². The van der Waals surface area contributed by atoms with Gasteiger partial charge in [-0.25, -0.2) is 5.01 Å². The quantitative estimate of drug-likeness (QED) is 0.839. The zero-order valence-corrected chi connectivity index (χ0v) is 11.8. The van der Waals surface area contributed by atoms with E-state index in [2.05, 4.69) is 10.4 Å². The van der Waals surface area contributed by atoms with Crippen LogP contribution in [0.2, 0.25) is 5.02 Å². The van der Waals surface area contributed by atoms with Crippen molar-refractivity contribution < 1.29 is 9.84 Å². The Balaban J connectivity index is 1.66. The second-order valence-corrected chi connectivity index (χ2v) is 5.21. The van der Waals surface area contributed by atoms with E-state index in [4.69, 9.17) is 16.3 Å². The van der Waals surface area contributed by atoms with E-state index in [-0.39, 0.29) is 6.61 Å². The molecule has 1 aliphatic rings. The van der Waals surface area contributed by atoms with Crippen molar-refractivity contribution in [3.8, 4) is 5.75 Å². The molecule has 19 heavy (non-hydrogen) atoms. The molecule has 0 aliphatic carbocycles. The van der Waals surface area contributed by atoms with Gasteiger partial charge in [-0.2, -0.15) is 0 Å². The number of hydrazine groups is 1. The molecule has 1 fully saturated rings. The molecule has 2 rings (SSSR count). The third-order valence-electron chi connectivity index (χ3n) is 3.17. The number of para-hydroxylation sites is 1. The summed E-state index contributed by atoms with van der Waals surface area (Å²) in [5.74, 6) is 0.612. The molecular formula is C14H21ClN2O2. The lowest BCUT2D eigenvalue weighted by molar-refractivity contribution is 0.0684. The third-order valence-corrected chi connectivity index (χ3v) is 3.49. The number of ether oxygens (including phenoxy) is 1. The number of nitrogens with one attached hydrogen (secondary N) is 1. The fourth-order valence-electron chi connectivity index (χ4n) is 2.09. The Morgan fingerprint density at radius 3 is 2.74 bits per heavy atom. The maximum atomic E-state index is 9.87. The van der Waals surface area contributed by atoms with Crippen molar-refractivity contribution in [3.05, 3.63) is 29.3 Å². The van der Waals surface area contributed by atoms with E-state index in [1.807, 2.05) is 12.1 Å². The normalized spacial score (nSPS) is 18.2. The van der Waals surface area contributed by atoms with Gasteiger partial charge in [-0.05, 0) is 25.0 Å². The average Bonchev–Trinajstić information content (AvgIpc) is 2.45. The van der Waals surface area contributed by atoms with E-state index in [1.54, 1.807) is 12.1 Å². The first-order valence-corrected chi connectivity index (χ1v) is 7.17. The summed E-state index contributed by atoms with van der Waals surface area (Å²) in [6, 6.07) is 7.28. The molecule has 1 aromatic carbocycles. The molecule has 0 radical (unpaired) electrons. The topological polar surface area (TPSA) is 44.7 Å². The summed E-state index contributed by atoms with van der Waals surface area (Å²) in [5, 5.41) is 12.6. The molecule has 1 aliphatic heterocycles. The summed E-state index contributed by atoms with van der Waals surface area (Å²) in [6.07, 6.45) is 3.20. The lowest BCUT2D eigenvalue weighted by atomic mass is 10.2. The summed E-state index contributed by atoms with van der Waals surface area (Å²) < 4.78 is 5.50. The number of aliphatic hydroxyl groups excluding tert-OH is 1. The highest BCUT2D eigenvalue weighted by Gasteiger charge is 2.12. The van der Waals surface area contributed by atoms with Gasteiger partial charge < -0.3 is 9.84 Å². The summed E-state index contributed by atoms with van der Waals surface area (Å²) in [6.45, 7) is 2.85. The van der Waals surface area contributed by atoms with Crippen LogP contribution in [0.4, 0.5) is 0 Å². The van der Waals surface area contributed by atoms with E-state index in [9.17, 15) is 5.11 Å². The standard InChI is InChI=1S/C14H21ClN2O2/c15-13-6-2-3-7-14(13)19-11-12(18)10-16-17-8-4-1-5-9-17/h2-3,6-7,12,16,18H,1,4-5,8-11H2. The van der Waals surface area contributed by atoms with Gasteiger partial charge in [0.15, 0.2) is 0 Å². The number of hydrogen-bond donors (Lipinski definition) is 2. The van der Waals surface area contributed by atoms with Gasteiger partial charge in [0.25, 0.3) is 0 Å². The molecule has 5 heteroatoms. The minimum atomic E-state index is -0.543. The Morgan fingerprint density at radius 1 is 1.26 bits per heavy atom. The van der Waals surface area contributed by atoms with Crippen molar-refractivity contribution >= 4 is 11.6 Å². The van der Waals surface area contributed by atoms with Gasteiger partial charge in [-0.3, -0.25) is 5.43 Å². The van der Waals surface area contributed by atoms with Crippen molar-refractivity contribution in [2.24, 2.45) is 0 Å². The van der Waals surface area contributed by atoms with Crippen molar-refractivity contribution in [1.82, 2.24) is 10.4 Å². The monoisotopic (exact) mass is 284 g/mol. The molecule has 1 heterocycles. The summed E-state index contributed by atoms with van der Waals surface area (Å²) in [5.41, 5.74) is 3.24. The third kappa shape index (κ3) is 4.99. The molecule has 4 nitrogen and oxygen atoms in total. The number of aliphatic hydroxyl groups is 1. The smallest absolute Gasteiger partial charge is 0.138 e. The molecule has 106 valence electrons. The van der Waals surface area contributed by atoms with Crippen LogP contribution in [0.3, 0.4) is 0 Å². The Kier molecular flexibility index (Phi) is 5.92. The zero-order chi connectivity index (χ0) is 13.5. The first-order chi connectivity index (χ1) is 9.25. The van der Waals surface area contributed by atoms with Crippen molar-refractivity contribution in [1.29, 1.82) is 0 Å². The molecule has 1 unspecified atom stereocenters. The molecule has 0 spiro atoms. The highest BCUT2D eigenvalue weighted by atomic mass is 35.5. The van der Waals surface area contributed by atoms with Gasteiger partial charge in [0.2, 0.25) is 0 Å². The van der Waals surface area contributed by atoms with Crippen LogP contribution in [-0.4, -0.2) is 42.5 Å².